The summed E-state index contributed by atoms with van der Waals surface area (Å²) in [6.45, 7) is 0. The number of carbonyl (C=O) groups excluding carboxylic acids is 1. The minimum Gasteiger partial charge on any atom is -0.298 e. The van der Waals surface area contributed by atoms with Crippen molar-refractivity contribution in [3.8, 4) is 0 Å². The van der Waals surface area contributed by atoms with Gasteiger partial charge in [0.1, 0.15) is 0 Å². The van der Waals surface area contributed by atoms with Crippen molar-refractivity contribution in [2.45, 2.75) is 9.79 Å². The summed E-state index contributed by atoms with van der Waals surface area (Å²) in [7, 11) is 0. The van der Waals surface area contributed by atoms with Crippen molar-refractivity contribution < 1.29 is 4.79 Å². The summed E-state index contributed by atoms with van der Waals surface area (Å²) in [6, 6.07) is 13.6. The number of halogens is 2. The zero-order valence-electron chi connectivity index (χ0n) is 8.69. The first-order chi connectivity index (χ1) is 8.20. The van der Waals surface area contributed by atoms with Gasteiger partial charge < -0.3 is 0 Å². The predicted molar refractivity (Wildman–Crippen MR) is 77.8 cm³/mol. The van der Waals surface area contributed by atoms with Crippen LogP contribution in [0.4, 0.5) is 0 Å². The number of aldehydes is 1. The Morgan fingerprint density at radius 2 is 1.76 bits per heavy atom. The highest BCUT2D eigenvalue weighted by molar-refractivity contribution is 9.10. The van der Waals surface area contributed by atoms with Gasteiger partial charge in [0.25, 0.3) is 0 Å². The van der Waals surface area contributed by atoms with Crippen LogP contribution in [-0.2, 0) is 0 Å². The van der Waals surface area contributed by atoms with Crippen molar-refractivity contribution in [2.24, 2.45) is 0 Å². The van der Waals surface area contributed by atoms with Gasteiger partial charge in [0.2, 0.25) is 0 Å². The molecule has 2 aromatic carbocycles. The van der Waals surface area contributed by atoms with Crippen molar-refractivity contribution in [1.82, 2.24) is 0 Å². The van der Waals surface area contributed by atoms with E-state index in [2.05, 4.69) is 31.9 Å². The van der Waals surface area contributed by atoms with E-state index < -0.39 is 0 Å². The first-order valence-electron chi connectivity index (χ1n) is 4.88. The molecule has 1 nitrogen and oxygen atoms in total. The molecule has 0 aliphatic rings. The van der Waals surface area contributed by atoms with E-state index in [0.717, 1.165) is 25.0 Å². The summed E-state index contributed by atoms with van der Waals surface area (Å²) < 4.78 is 2.00. The van der Waals surface area contributed by atoms with Gasteiger partial charge >= 0.3 is 0 Å². The lowest BCUT2D eigenvalue weighted by Gasteiger charge is -2.06. The SMILES string of the molecule is O=Cc1ccc(Br)cc1Sc1ccccc1Br. The predicted octanol–water partition coefficient (Wildman–Crippen LogP) is 5.18. The van der Waals surface area contributed by atoms with Crippen molar-refractivity contribution in [1.29, 1.82) is 0 Å². The lowest BCUT2D eigenvalue weighted by Crippen LogP contribution is -1.85. The van der Waals surface area contributed by atoms with Crippen molar-refractivity contribution >= 4 is 49.9 Å². The topological polar surface area (TPSA) is 17.1 Å². The summed E-state index contributed by atoms with van der Waals surface area (Å²) in [5.74, 6) is 0. The zero-order valence-corrected chi connectivity index (χ0v) is 12.7. The summed E-state index contributed by atoms with van der Waals surface area (Å²) in [6.07, 6.45) is 0.881. The van der Waals surface area contributed by atoms with Crippen LogP contribution in [0.15, 0.2) is 61.2 Å². The van der Waals surface area contributed by atoms with E-state index >= 15 is 0 Å². The van der Waals surface area contributed by atoms with Gasteiger partial charge in [-0.2, -0.15) is 0 Å². The number of carbonyl (C=O) groups is 1. The van der Waals surface area contributed by atoms with Crippen LogP contribution in [0.1, 0.15) is 10.4 Å². The van der Waals surface area contributed by atoms with Gasteiger partial charge in [0.15, 0.2) is 6.29 Å². The van der Waals surface area contributed by atoms with E-state index in [9.17, 15) is 4.79 Å². The van der Waals surface area contributed by atoms with Gasteiger partial charge in [0, 0.05) is 24.3 Å². The first-order valence-corrected chi connectivity index (χ1v) is 7.28. The maximum atomic E-state index is 11.0. The smallest absolute Gasteiger partial charge is 0.151 e. The molecule has 0 atom stereocenters. The van der Waals surface area contributed by atoms with Gasteiger partial charge in [-0.15, -0.1) is 0 Å². The largest absolute Gasteiger partial charge is 0.298 e. The van der Waals surface area contributed by atoms with Crippen LogP contribution in [0, 0.1) is 0 Å². The van der Waals surface area contributed by atoms with Gasteiger partial charge in [-0.05, 0) is 46.3 Å². The lowest BCUT2D eigenvalue weighted by atomic mass is 10.2. The summed E-state index contributed by atoms with van der Waals surface area (Å²) >= 11 is 8.49. The van der Waals surface area contributed by atoms with Crippen LogP contribution >= 0.6 is 43.6 Å². The van der Waals surface area contributed by atoms with Crippen LogP contribution in [0.2, 0.25) is 0 Å². The third-order valence-corrected chi connectivity index (χ3v) is 4.76. The summed E-state index contributed by atoms with van der Waals surface area (Å²) in [4.78, 5) is 13.0. The molecule has 17 heavy (non-hydrogen) atoms. The van der Waals surface area contributed by atoms with Crippen LogP contribution in [0.5, 0.6) is 0 Å². The van der Waals surface area contributed by atoms with Crippen molar-refractivity contribution in [3.63, 3.8) is 0 Å². The minimum absolute atomic E-state index is 0.703. The van der Waals surface area contributed by atoms with Crippen molar-refractivity contribution in [2.75, 3.05) is 0 Å². The molecule has 0 aliphatic carbocycles. The Kier molecular flexibility index (Phi) is 4.42. The van der Waals surface area contributed by atoms with Crippen LogP contribution in [0.3, 0.4) is 0 Å². The number of hydrogen-bond acceptors (Lipinski definition) is 2. The summed E-state index contributed by atoms with van der Waals surface area (Å²) in [5, 5.41) is 0. The molecule has 86 valence electrons. The van der Waals surface area contributed by atoms with E-state index in [0.29, 0.717) is 5.56 Å². The second-order valence-corrected chi connectivity index (χ2v) is 6.19. The molecule has 0 saturated heterocycles. The van der Waals surface area contributed by atoms with Crippen molar-refractivity contribution in [3.05, 3.63) is 57.0 Å². The first kappa shape index (κ1) is 12.9. The molecule has 0 amide bonds. The fourth-order valence-corrected chi connectivity index (χ4v) is 3.35. The molecule has 0 unspecified atom stereocenters. The zero-order chi connectivity index (χ0) is 12.3. The highest BCUT2D eigenvalue weighted by Crippen LogP contribution is 2.35. The van der Waals surface area contributed by atoms with Gasteiger partial charge in [-0.3, -0.25) is 4.79 Å². The van der Waals surface area contributed by atoms with E-state index in [1.165, 1.54) is 0 Å². The Balaban J connectivity index is 2.39. The fourth-order valence-electron chi connectivity index (χ4n) is 1.34. The lowest BCUT2D eigenvalue weighted by molar-refractivity contribution is 0.112. The van der Waals surface area contributed by atoms with Crippen LogP contribution in [-0.4, -0.2) is 6.29 Å². The Morgan fingerprint density at radius 3 is 2.47 bits per heavy atom. The Hall–Kier alpha value is -0.580. The maximum Gasteiger partial charge on any atom is 0.151 e. The minimum atomic E-state index is 0.703. The standard InChI is InChI=1S/C13H8Br2OS/c14-10-6-5-9(8-16)13(7-10)17-12-4-2-1-3-11(12)15/h1-8H. The third-order valence-electron chi connectivity index (χ3n) is 2.16. The average Bonchev–Trinajstić information content (AvgIpc) is 2.32. The normalized spacial score (nSPS) is 10.2. The molecule has 0 spiro atoms. The molecule has 0 fully saturated rings. The highest BCUT2D eigenvalue weighted by Gasteiger charge is 2.06. The molecule has 0 aromatic heterocycles. The Labute approximate surface area is 121 Å². The monoisotopic (exact) mass is 370 g/mol. The molecule has 0 radical (unpaired) electrons. The van der Waals surface area contributed by atoms with Gasteiger partial charge in [-0.25, -0.2) is 0 Å². The van der Waals surface area contributed by atoms with Crippen LogP contribution in [0.25, 0.3) is 0 Å². The molecule has 0 heterocycles. The second-order valence-electron chi connectivity index (χ2n) is 3.33. The molecular formula is C13H8Br2OS. The summed E-state index contributed by atoms with van der Waals surface area (Å²) in [5.41, 5.74) is 0.703. The fraction of sp³-hybridized carbons (Fsp3) is 0. The Morgan fingerprint density at radius 1 is 1.00 bits per heavy atom. The third kappa shape index (κ3) is 3.21. The average molecular weight is 372 g/mol. The number of benzene rings is 2. The highest BCUT2D eigenvalue weighted by atomic mass is 79.9. The number of hydrogen-bond donors (Lipinski definition) is 0. The maximum absolute atomic E-state index is 11.0. The van der Waals surface area contributed by atoms with E-state index in [1.54, 1.807) is 11.8 Å². The second kappa shape index (κ2) is 5.85. The van der Waals surface area contributed by atoms with Gasteiger partial charge in [-0.1, -0.05) is 39.8 Å². The molecule has 0 bridgehead atoms. The molecule has 0 aliphatic heterocycles. The van der Waals surface area contributed by atoms with E-state index in [-0.39, 0.29) is 0 Å². The van der Waals surface area contributed by atoms with Gasteiger partial charge in [0.05, 0.1) is 0 Å². The quantitative estimate of drug-likeness (QED) is 0.692. The Bertz CT molecular complexity index is 555. The van der Waals surface area contributed by atoms with Crippen LogP contribution < -0.4 is 0 Å². The molecule has 2 aromatic rings. The molecule has 4 heteroatoms. The molecule has 0 N–H and O–H groups in total. The number of rotatable bonds is 3. The molecular weight excluding hydrogens is 364 g/mol. The van der Waals surface area contributed by atoms with E-state index in [1.807, 2.05) is 42.5 Å². The molecule has 2 rings (SSSR count). The molecule has 0 saturated carbocycles. The van der Waals surface area contributed by atoms with E-state index in [4.69, 9.17) is 0 Å².